The van der Waals surface area contributed by atoms with Gasteiger partial charge in [-0.25, -0.2) is 8.78 Å². The standard InChI is InChI=1S/C20H27F3O/c1-3-16(21)7-5-6-14-8-10-15(11-9-14)17-12-13-18(24-4-2)20(23)19(17)22/h7,12-15H,3-6,8-11H2,1-2H3. The minimum absolute atomic E-state index is 0.0165. The second kappa shape index (κ2) is 9.14. The zero-order chi connectivity index (χ0) is 17.5. The Kier molecular flexibility index (Phi) is 7.19. The van der Waals surface area contributed by atoms with Crippen LogP contribution in [0.4, 0.5) is 13.2 Å². The molecule has 1 nitrogen and oxygen atoms in total. The van der Waals surface area contributed by atoms with Gasteiger partial charge in [-0.15, -0.1) is 0 Å². The van der Waals surface area contributed by atoms with Gasteiger partial charge in [-0.1, -0.05) is 19.1 Å². The van der Waals surface area contributed by atoms with Crippen molar-refractivity contribution in [3.8, 4) is 5.75 Å². The normalized spacial score (nSPS) is 21.8. The first-order chi connectivity index (χ1) is 11.6. The molecule has 0 saturated heterocycles. The van der Waals surface area contributed by atoms with Gasteiger partial charge in [0.2, 0.25) is 5.82 Å². The summed E-state index contributed by atoms with van der Waals surface area (Å²) in [6.07, 6.45) is 7.55. The van der Waals surface area contributed by atoms with Crippen molar-refractivity contribution in [2.45, 2.75) is 64.7 Å². The van der Waals surface area contributed by atoms with Crippen LogP contribution in [0.5, 0.6) is 5.75 Å². The molecule has 1 aliphatic carbocycles. The molecular formula is C20H27F3O. The SMILES string of the molecule is CCOc1ccc(C2CCC(CCC=C(F)CC)CC2)c(F)c1F. The number of hydrogen-bond donors (Lipinski definition) is 0. The summed E-state index contributed by atoms with van der Waals surface area (Å²) < 4.78 is 46.5. The van der Waals surface area contributed by atoms with E-state index in [-0.39, 0.29) is 17.5 Å². The Hall–Kier alpha value is -1.45. The molecule has 134 valence electrons. The molecule has 0 spiro atoms. The van der Waals surface area contributed by atoms with Crippen LogP contribution in [0.3, 0.4) is 0 Å². The van der Waals surface area contributed by atoms with E-state index in [0.29, 0.717) is 24.5 Å². The van der Waals surface area contributed by atoms with Crippen molar-refractivity contribution in [1.82, 2.24) is 0 Å². The molecule has 1 aromatic rings. The van der Waals surface area contributed by atoms with E-state index in [1.807, 2.05) is 6.92 Å². The van der Waals surface area contributed by atoms with Crippen molar-refractivity contribution in [1.29, 1.82) is 0 Å². The van der Waals surface area contributed by atoms with E-state index < -0.39 is 11.6 Å². The van der Waals surface area contributed by atoms with Crippen LogP contribution in [0.15, 0.2) is 24.0 Å². The van der Waals surface area contributed by atoms with E-state index in [1.54, 1.807) is 19.1 Å². The number of hydrogen-bond acceptors (Lipinski definition) is 1. The molecule has 0 atom stereocenters. The zero-order valence-electron chi connectivity index (χ0n) is 14.6. The molecular weight excluding hydrogens is 313 g/mol. The molecule has 24 heavy (non-hydrogen) atoms. The summed E-state index contributed by atoms with van der Waals surface area (Å²) in [7, 11) is 0. The van der Waals surface area contributed by atoms with Gasteiger partial charge < -0.3 is 4.74 Å². The van der Waals surface area contributed by atoms with Crippen molar-refractivity contribution in [3.63, 3.8) is 0 Å². The van der Waals surface area contributed by atoms with Crippen molar-refractivity contribution < 1.29 is 17.9 Å². The van der Waals surface area contributed by atoms with E-state index in [0.717, 1.165) is 38.5 Å². The molecule has 1 aromatic carbocycles. The largest absolute Gasteiger partial charge is 0.491 e. The monoisotopic (exact) mass is 340 g/mol. The highest BCUT2D eigenvalue weighted by molar-refractivity contribution is 5.33. The zero-order valence-corrected chi connectivity index (χ0v) is 14.6. The van der Waals surface area contributed by atoms with Crippen molar-refractivity contribution in [3.05, 3.63) is 41.2 Å². The first-order valence-corrected chi connectivity index (χ1v) is 9.02. The number of ether oxygens (including phenoxy) is 1. The van der Waals surface area contributed by atoms with Crippen LogP contribution in [0.1, 0.15) is 70.3 Å². The summed E-state index contributed by atoms with van der Waals surface area (Å²) in [5.74, 6) is -1.09. The average Bonchev–Trinajstić information content (AvgIpc) is 2.60. The summed E-state index contributed by atoms with van der Waals surface area (Å²) in [4.78, 5) is 0. The topological polar surface area (TPSA) is 9.23 Å². The molecule has 0 radical (unpaired) electrons. The fourth-order valence-electron chi connectivity index (χ4n) is 3.51. The van der Waals surface area contributed by atoms with Crippen LogP contribution in [-0.2, 0) is 0 Å². The molecule has 0 heterocycles. The number of benzene rings is 1. The maximum absolute atomic E-state index is 14.3. The van der Waals surface area contributed by atoms with Gasteiger partial charge in [0.05, 0.1) is 12.4 Å². The molecule has 2 rings (SSSR count). The third-order valence-corrected chi connectivity index (χ3v) is 4.94. The summed E-state index contributed by atoms with van der Waals surface area (Å²) in [6, 6.07) is 3.19. The number of rotatable bonds is 7. The van der Waals surface area contributed by atoms with Crippen molar-refractivity contribution in [2.75, 3.05) is 6.61 Å². The highest BCUT2D eigenvalue weighted by Crippen LogP contribution is 2.40. The Morgan fingerprint density at radius 3 is 2.46 bits per heavy atom. The molecule has 1 saturated carbocycles. The fourth-order valence-corrected chi connectivity index (χ4v) is 3.51. The van der Waals surface area contributed by atoms with Crippen LogP contribution < -0.4 is 4.74 Å². The second-order valence-electron chi connectivity index (χ2n) is 6.51. The Morgan fingerprint density at radius 2 is 1.83 bits per heavy atom. The Labute approximate surface area is 142 Å². The van der Waals surface area contributed by atoms with Gasteiger partial charge in [-0.3, -0.25) is 0 Å². The highest BCUT2D eigenvalue weighted by atomic mass is 19.2. The summed E-state index contributed by atoms with van der Waals surface area (Å²) >= 11 is 0. The van der Waals surface area contributed by atoms with E-state index in [2.05, 4.69) is 0 Å². The predicted octanol–water partition coefficient (Wildman–Crippen LogP) is 6.68. The van der Waals surface area contributed by atoms with Gasteiger partial charge in [-0.05, 0) is 75.3 Å². The van der Waals surface area contributed by atoms with Crippen molar-refractivity contribution >= 4 is 0 Å². The van der Waals surface area contributed by atoms with Gasteiger partial charge in [0.25, 0.3) is 0 Å². The van der Waals surface area contributed by atoms with E-state index >= 15 is 0 Å². The van der Waals surface area contributed by atoms with Gasteiger partial charge in [-0.2, -0.15) is 4.39 Å². The lowest BCUT2D eigenvalue weighted by Gasteiger charge is -2.29. The second-order valence-corrected chi connectivity index (χ2v) is 6.51. The molecule has 0 aliphatic heterocycles. The third kappa shape index (κ3) is 4.78. The van der Waals surface area contributed by atoms with Gasteiger partial charge in [0, 0.05) is 0 Å². The first-order valence-electron chi connectivity index (χ1n) is 9.02. The molecule has 0 N–H and O–H groups in total. The fraction of sp³-hybridized carbons (Fsp3) is 0.600. The molecule has 4 heteroatoms. The van der Waals surface area contributed by atoms with Gasteiger partial charge in [0.15, 0.2) is 11.6 Å². The van der Waals surface area contributed by atoms with Gasteiger partial charge in [0.1, 0.15) is 0 Å². The third-order valence-electron chi connectivity index (χ3n) is 4.94. The number of halogens is 3. The lowest BCUT2D eigenvalue weighted by Crippen LogP contribution is -2.15. The maximum Gasteiger partial charge on any atom is 0.200 e. The van der Waals surface area contributed by atoms with E-state index in [9.17, 15) is 13.2 Å². The lowest BCUT2D eigenvalue weighted by atomic mass is 9.77. The predicted molar refractivity (Wildman–Crippen MR) is 90.9 cm³/mol. The van der Waals surface area contributed by atoms with E-state index in [4.69, 9.17) is 4.74 Å². The van der Waals surface area contributed by atoms with Crippen LogP contribution in [0.25, 0.3) is 0 Å². The summed E-state index contributed by atoms with van der Waals surface area (Å²) in [6.45, 7) is 3.86. The molecule has 0 amide bonds. The maximum atomic E-state index is 14.3. The van der Waals surface area contributed by atoms with Crippen molar-refractivity contribution in [2.24, 2.45) is 5.92 Å². The molecule has 0 bridgehead atoms. The van der Waals surface area contributed by atoms with Crippen LogP contribution in [0, 0.1) is 17.6 Å². The van der Waals surface area contributed by atoms with Gasteiger partial charge >= 0.3 is 0 Å². The smallest absolute Gasteiger partial charge is 0.200 e. The highest BCUT2D eigenvalue weighted by Gasteiger charge is 2.26. The molecule has 0 aromatic heterocycles. The molecule has 0 unspecified atom stereocenters. The minimum atomic E-state index is -0.878. The van der Waals surface area contributed by atoms with E-state index in [1.165, 1.54) is 6.07 Å². The minimum Gasteiger partial charge on any atom is -0.491 e. The number of allylic oxidation sites excluding steroid dienone is 2. The Bertz CT molecular complexity index is 560. The lowest BCUT2D eigenvalue weighted by molar-refractivity contribution is 0.297. The van der Waals surface area contributed by atoms with Crippen LogP contribution >= 0.6 is 0 Å². The Balaban J connectivity index is 1.91. The molecule has 1 aliphatic rings. The molecule has 1 fully saturated rings. The first kappa shape index (κ1) is 18.9. The average molecular weight is 340 g/mol. The summed E-state index contributed by atoms with van der Waals surface area (Å²) in [5.41, 5.74) is 0.464. The van der Waals surface area contributed by atoms with Crippen LogP contribution in [-0.4, -0.2) is 6.61 Å². The van der Waals surface area contributed by atoms with Crippen LogP contribution in [0.2, 0.25) is 0 Å². The Morgan fingerprint density at radius 1 is 1.12 bits per heavy atom. The quantitative estimate of drug-likeness (QED) is 0.538. The summed E-state index contributed by atoms with van der Waals surface area (Å²) in [5, 5.41) is 0.